The van der Waals surface area contributed by atoms with Crippen LogP contribution in [0.5, 0.6) is 0 Å². The van der Waals surface area contributed by atoms with Crippen LogP contribution in [0.2, 0.25) is 0 Å². The quantitative estimate of drug-likeness (QED) is 0.818. The summed E-state index contributed by atoms with van der Waals surface area (Å²) in [6.45, 7) is 0. The Bertz CT molecular complexity index is 596. The molecular weight excluding hydrogens is 262 g/mol. The summed E-state index contributed by atoms with van der Waals surface area (Å²) >= 11 is 0. The lowest BCUT2D eigenvalue weighted by Crippen LogP contribution is -2.44. The number of carbonyl (C=O) groups excluding carboxylic acids is 1. The molecule has 4 nitrogen and oxygen atoms in total. The van der Waals surface area contributed by atoms with Crippen molar-refractivity contribution < 1.29 is 13.2 Å². The lowest BCUT2D eigenvalue weighted by atomic mass is 10.0. The Morgan fingerprint density at radius 1 is 1.16 bits per heavy atom. The van der Waals surface area contributed by atoms with Gasteiger partial charge < -0.3 is 0 Å². The highest BCUT2D eigenvalue weighted by Gasteiger charge is 2.50. The molecule has 0 aliphatic carbocycles. The number of nitrogens with zero attached hydrogens (tertiary/aromatic N) is 1. The summed E-state index contributed by atoms with van der Waals surface area (Å²) in [5.74, 6) is 0.193. The van der Waals surface area contributed by atoms with Gasteiger partial charge in [0.15, 0.2) is 9.84 Å². The largest absolute Gasteiger partial charge is 0.300 e. The van der Waals surface area contributed by atoms with Crippen LogP contribution in [0, 0.1) is 0 Å². The standard InChI is InChI=1S/C14H17NO3S/c1-15-10-7-11(16)9-13(15)14(8-10)19(17,18)12-5-3-2-4-6-12/h2-6,10,13-14H,7-9H2,1H3/t10-,13+,14-/m0/s1. The molecule has 0 unspecified atom stereocenters. The minimum Gasteiger partial charge on any atom is -0.300 e. The SMILES string of the molecule is CN1[C@H]2CC(=O)C[C@@H]1[C@@H](S(=O)(=O)c1ccccc1)C2. The van der Waals surface area contributed by atoms with Gasteiger partial charge in [0.05, 0.1) is 10.1 Å². The molecule has 0 spiro atoms. The van der Waals surface area contributed by atoms with E-state index in [2.05, 4.69) is 4.90 Å². The molecular formula is C14H17NO3S. The van der Waals surface area contributed by atoms with Gasteiger partial charge in [0.2, 0.25) is 0 Å². The normalized spacial score (nSPS) is 31.6. The zero-order chi connectivity index (χ0) is 13.6. The number of fused-ring (bicyclic) bond motifs is 2. The molecule has 3 rings (SSSR count). The third kappa shape index (κ3) is 2.01. The van der Waals surface area contributed by atoms with Gasteiger partial charge in [0.1, 0.15) is 5.78 Å². The van der Waals surface area contributed by atoms with E-state index < -0.39 is 15.1 Å². The summed E-state index contributed by atoms with van der Waals surface area (Å²) in [5.41, 5.74) is 0. The smallest absolute Gasteiger partial charge is 0.182 e. The van der Waals surface area contributed by atoms with Crippen LogP contribution in [-0.4, -0.2) is 43.5 Å². The zero-order valence-electron chi connectivity index (χ0n) is 10.8. The molecule has 0 aromatic heterocycles. The van der Waals surface area contributed by atoms with Gasteiger partial charge in [-0.2, -0.15) is 0 Å². The van der Waals surface area contributed by atoms with Crippen molar-refractivity contribution in [2.75, 3.05) is 7.05 Å². The van der Waals surface area contributed by atoms with Gasteiger partial charge in [-0.1, -0.05) is 18.2 Å². The lowest BCUT2D eigenvalue weighted by molar-refractivity contribution is -0.123. The Morgan fingerprint density at radius 2 is 1.84 bits per heavy atom. The van der Waals surface area contributed by atoms with Gasteiger partial charge in [-0.25, -0.2) is 8.42 Å². The number of rotatable bonds is 2. The molecule has 0 amide bonds. The molecule has 5 heteroatoms. The van der Waals surface area contributed by atoms with E-state index in [1.165, 1.54) is 0 Å². The molecule has 2 heterocycles. The Labute approximate surface area is 113 Å². The molecule has 0 radical (unpaired) electrons. The minimum absolute atomic E-state index is 0.0923. The molecule has 0 saturated carbocycles. The van der Waals surface area contributed by atoms with E-state index in [0.29, 0.717) is 24.2 Å². The second-order valence-electron chi connectivity index (χ2n) is 5.47. The van der Waals surface area contributed by atoms with Crippen LogP contribution in [0.4, 0.5) is 0 Å². The highest BCUT2D eigenvalue weighted by Crippen LogP contribution is 2.38. The van der Waals surface area contributed by atoms with Crippen molar-refractivity contribution in [2.45, 2.75) is 41.5 Å². The van der Waals surface area contributed by atoms with Crippen LogP contribution in [0.15, 0.2) is 35.2 Å². The fraction of sp³-hybridized carbons (Fsp3) is 0.500. The van der Waals surface area contributed by atoms with E-state index in [1.807, 2.05) is 13.1 Å². The van der Waals surface area contributed by atoms with Crippen LogP contribution in [0.1, 0.15) is 19.3 Å². The number of piperidine rings is 1. The monoisotopic (exact) mass is 279 g/mol. The number of carbonyl (C=O) groups is 1. The second-order valence-corrected chi connectivity index (χ2v) is 7.63. The predicted octanol–water partition coefficient (Wildman–Crippen LogP) is 1.26. The van der Waals surface area contributed by atoms with Crippen molar-refractivity contribution in [2.24, 2.45) is 0 Å². The number of hydrogen-bond donors (Lipinski definition) is 0. The van der Waals surface area contributed by atoms with E-state index in [-0.39, 0.29) is 17.9 Å². The Kier molecular flexibility index (Phi) is 2.98. The molecule has 0 N–H and O–H groups in total. The van der Waals surface area contributed by atoms with Crippen LogP contribution in [0.3, 0.4) is 0 Å². The summed E-state index contributed by atoms with van der Waals surface area (Å²) in [7, 11) is -1.41. The number of hydrogen-bond acceptors (Lipinski definition) is 4. The summed E-state index contributed by atoms with van der Waals surface area (Å²) in [6.07, 6.45) is 1.43. The second kappa shape index (κ2) is 4.42. The topological polar surface area (TPSA) is 54.5 Å². The average Bonchev–Trinajstić information content (AvgIpc) is 2.60. The number of sulfone groups is 1. The Morgan fingerprint density at radius 3 is 2.53 bits per heavy atom. The molecule has 2 bridgehead atoms. The summed E-state index contributed by atoms with van der Waals surface area (Å²) in [6, 6.07) is 8.50. The highest BCUT2D eigenvalue weighted by atomic mass is 32.2. The summed E-state index contributed by atoms with van der Waals surface area (Å²) in [4.78, 5) is 14.1. The number of benzene rings is 1. The number of Topliss-reactive ketones (excluding diaryl/α,β-unsaturated/α-hetero) is 1. The van der Waals surface area contributed by atoms with Gasteiger partial charge in [-0.3, -0.25) is 9.69 Å². The maximum Gasteiger partial charge on any atom is 0.182 e. The Balaban J connectivity index is 1.97. The fourth-order valence-corrected chi connectivity index (χ4v) is 5.39. The van der Waals surface area contributed by atoms with E-state index in [0.717, 1.165) is 0 Å². The van der Waals surface area contributed by atoms with Gasteiger partial charge in [-0.15, -0.1) is 0 Å². The van der Waals surface area contributed by atoms with Crippen LogP contribution < -0.4 is 0 Å². The summed E-state index contributed by atoms with van der Waals surface area (Å²) in [5, 5.41) is -0.448. The molecule has 2 aliphatic rings. The van der Waals surface area contributed by atoms with Crippen molar-refractivity contribution in [1.29, 1.82) is 0 Å². The van der Waals surface area contributed by atoms with Gasteiger partial charge in [0.25, 0.3) is 0 Å². The van der Waals surface area contributed by atoms with Crippen molar-refractivity contribution in [3.8, 4) is 0 Å². The maximum absolute atomic E-state index is 12.7. The first-order valence-electron chi connectivity index (χ1n) is 6.53. The highest BCUT2D eigenvalue weighted by molar-refractivity contribution is 7.92. The van der Waals surface area contributed by atoms with Crippen LogP contribution in [0.25, 0.3) is 0 Å². The van der Waals surface area contributed by atoms with Crippen LogP contribution >= 0.6 is 0 Å². The van der Waals surface area contributed by atoms with Crippen molar-refractivity contribution in [3.05, 3.63) is 30.3 Å². The molecule has 2 fully saturated rings. The maximum atomic E-state index is 12.7. The zero-order valence-corrected chi connectivity index (χ0v) is 11.6. The molecule has 2 saturated heterocycles. The molecule has 19 heavy (non-hydrogen) atoms. The van der Waals surface area contributed by atoms with E-state index in [1.54, 1.807) is 24.3 Å². The third-order valence-electron chi connectivity index (χ3n) is 4.40. The molecule has 102 valence electrons. The van der Waals surface area contributed by atoms with Gasteiger partial charge in [-0.05, 0) is 25.6 Å². The van der Waals surface area contributed by atoms with E-state index >= 15 is 0 Å². The van der Waals surface area contributed by atoms with Gasteiger partial charge in [0, 0.05) is 24.9 Å². The molecule has 1 aromatic rings. The first kappa shape index (κ1) is 12.8. The first-order chi connectivity index (χ1) is 9.00. The number of ketones is 1. The molecule has 2 aliphatic heterocycles. The minimum atomic E-state index is -3.34. The fourth-order valence-electron chi connectivity index (χ4n) is 3.33. The van der Waals surface area contributed by atoms with Crippen molar-refractivity contribution in [3.63, 3.8) is 0 Å². The third-order valence-corrected chi connectivity index (χ3v) is 6.64. The van der Waals surface area contributed by atoms with Crippen molar-refractivity contribution >= 4 is 15.6 Å². The Hall–Kier alpha value is -1.20. The first-order valence-corrected chi connectivity index (χ1v) is 8.07. The van der Waals surface area contributed by atoms with E-state index in [9.17, 15) is 13.2 Å². The average molecular weight is 279 g/mol. The molecule has 1 aromatic carbocycles. The van der Waals surface area contributed by atoms with E-state index in [4.69, 9.17) is 0 Å². The van der Waals surface area contributed by atoms with Gasteiger partial charge >= 0.3 is 0 Å². The summed E-state index contributed by atoms with van der Waals surface area (Å²) < 4.78 is 25.4. The predicted molar refractivity (Wildman–Crippen MR) is 71.6 cm³/mol. The lowest BCUT2D eigenvalue weighted by Gasteiger charge is -2.31. The molecule has 3 atom stereocenters. The van der Waals surface area contributed by atoms with Crippen molar-refractivity contribution in [1.82, 2.24) is 4.90 Å². The van der Waals surface area contributed by atoms with Crippen LogP contribution in [-0.2, 0) is 14.6 Å².